The number of carboxylic acids is 1. The van der Waals surface area contributed by atoms with Crippen LogP contribution in [-0.2, 0) is 77.0 Å². The first kappa shape index (κ1) is 85.2. The van der Waals surface area contributed by atoms with Crippen LogP contribution in [0.1, 0.15) is 176 Å². The van der Waals surface area contributed by atoms with Gasteiger partial charge in [-0.25, -0.2) is 14.4 Å². The molecule has 0 saturated heterocycles. The third-order valence-electron chi connectivity index (χ3n) is 20.0. The molecule has 0 radical (unpaired) electrons. The number of carboxylic acid groups (broad SMARTS) is 1. The van der Waals surface area contributed by atoms with E-state index >= 15 is 0 Å². The number of aliphatic hydroxyl groups is 1. The largest absolute Gasteiger partial charge is 0.493 e. The number of aryl methyl sites for hydroxylation is 3. The Kier molecular flexibility index (Phi) is 25.8. The minimum absolute atomic E-state index is 0. The lowest BCUT2D eigenvalue weighted by atomic mass is 9.86. The van der Waals surface area contributed by atoms with E-state index in [9.17, 15) is 24.6 Å². The van der Waals surface area contributed by atoms with Crippen LogP contribution in [0.3, 0.4) is 0 Å². The van der Waals surface area contributed by atoms with Crippen molar-refractivity contribution in [2.24, 2.45) is 0 Å². The Morgan fingerprint density at radius 3 is 1.04 bits per heavy atom. The lowest BCUT2D eigenvalue weighted by molar-refractivity contribution is -0.167. The molecule has 12 aromatic rings. The number of esters is 2. The van der Waals surface area contributed by atoms with Crippen LogP contribution >= 0.6 is 0 Å². The summed E-state index contributed by atoms with van der Waals surface area (Å²) in [6, 6.07) is 36.0. The van der Waals surface area contributed by atoms with Gasteiger partial charge in [-0.3, -0.25) is 29.9 Å². The lowest BCUT2D eigenvalue weighted by Crippen LogP contribution is -2.29. The highest BCUT2D eigenvalue weighted by Gasteiger charge is 2.38. The van der Waals surface area contributed by atoms with Crippen LogP contribution < -0.4 is 14.2 Å². The fourth-order valence-electron chi connectivity index (χ4n) is 15.7. The number of rotatable bonds is 19. The van der Waals surface area contributed by atoms with Crippen LogP contribution in [-0.4, -0.2) is 146 Å². The van der Waals surface area contributed by atoms with E-state index in [1.165, 1.54) is 16.7 Å². The minimum Gasteiger partial charge on any atom is -0.493 e. The standard InChI is InChI=1S/C32H37N3O4.C30H33N3O4.C30H32N2O5.2CH4/c1-8-37-31(36)30(39-32(3,4)5)26-19(2)17-24-22(10-9-21(34-24)18-35(6)7)28(26)23-11-12-25-27-20(14-16-38-25)13-15-33-29(23)27;1-17-15-22-20(8-7-19(32-22)16-33(5)6)26(24(17)28(29(34)35)37-30(2,3)4)21-9-10-23-25-18(12-14-36-23)11-13-31-27(21)25;1-6-35-29(34)28(37-30(3,4)5)24-17(2)15-22-20(8-7-19(16-33)32-22)26(24)21-9-10-23-25-18(12-14-36-23)11-13-31-27(21)25;;/h9-13,15,17,30H,8,14,16,18H2,1-7H3;7-11,13,15,28H,12,14,16H2,1-6H3,(H,34,35);7-11,13,15,28,33H,6,12,14,16H2,1-5H3;2*1H4/t30-;2*28-;;/m000../s1. The van der Waals surface area contributed by atoms with Gasteiger partial charge in [-0.15, -0.1) is 0 Å². The molecule has 3 atom stereocenters. The van der Waals surface area contributed by atoms with Crippen molar-refractivity contribution >= 4 is 83.3 Å². The number of pyridine rings is 6. The van der Waals surface area contributed by atoms with Gasteiger partial charge in [0.2, 0.25) is 0 Å². The van der Waals surface area contributed by atoms with Crippen LogP contribution in [0.4, 0.5) is 0 Å². The third-order valence-corrected chi connectivity index (χ3v) is 20.0. The van der Waals surface area contributed by atoms with Gasteiger partial charge in [0.05, 0.1) is 107 Å². The average Bonchev–Trinajstić information content (AvgIpc) is 0.745. The molecule has 21 heteroatoms. The Morgan fingerprint density at radius 2 is 0.748 bits per heavy atom. The maximum absolute atomic E-state index is 13.5. The summed E-state index contributed by atoms with van der Waals surface area (Å²) in [5.41, 5.74) is 18.8. The monoisotopic (exact) mass is 1560 g/mol. The van der Waals surface area contributed by atoms with Crippen molar-refractivity contribution in [1.82, 2.24) is 39.7 Å². The molecule has 2 N–H and O–H groups in total. The second kappa shape index (κ2) is 34.8. The molecule has 0 bridgehead atoms. The topological polar surface area (TPSA) is 249 Å². The van der Waals surface area contributed by atoms with E-state index in [1.54, 1.807) is 13.0 Å². The number of aliphatic carboxylic acids is 1. The summed E-state index contributed by atoms with van der Waals surface area (Å²) in [4.78, 5) is 72.8. The van der Waals surface area contributed by atoms with Gasteiger partial charge in [0, 0.05) is 117 Å². The Labute approximate surface area is 674 Å². The summed E-state index contributed by atoms with van der Waals surface area (Å²) in [5.74, 6) is 0.557. The molecule has 6 aromatic heterocycles. The molecule has 6 aromatic carbocycles. The number of hydrogen-bond acceptors (Lipinski definition) is 20. The summed E-state index contributed by atoms with van der Waals surface area (Å²) >= 11 is 0. The van der Waals surface area contributed by atoms with E-state index in [4.69, 9.17) is 62.8 Å². The van der Waals surface area contributed by atoms with Crippen LogP contribution in [0, 0.1) is 20.8 Å². The highest BCUT2D eigenvalue weighted by molar-refractivity contribution is 6.11. The molecule has 3 aliphatic heterocycles. The highest BCUT2D eigenvalue weighted by atomic mass is 16.6. The zero-order chi connectivity index (χ0) is 80.7. The molecule has 0 amide bonds. The second-order valence-electron chi connectivity index (χ2n) is 32.6. The fourth-order valence-corrected chi connectivity index (χ4v) is 15.7. The Bertz CT molecular complexity index is 5650. The smallest absolute Gasteiger partial charge is 0.339 e. The molecule has 0 spiro atoms. The predicted molar refractivity (Wildman–Crippen MR) is 455 cm³/mol. The number of benzene rings is 6. The van der Waals surface area contributed by atoms with Crippen LogP contribution in [0.5, 0.6) is 17.2 Å². The van der Waals surface area contributed by atoms with E-state index < -0.39 is 53.0 Å². The van der Waals surface area contributed by atoms with Gasteiger partial charge in [0.15, 0.2) is 18.3 Å². The van der Waals surface area contributed by atoms with Crippen molar-refractivity contribution in [3.63, 3.8) is 0 Å². The number of nitrogens with zero attached hydrogens (tertiary/aromatic N) is 8. The summed E-state index contributed by atoms with van der Waals surface area (Å²) in [6.45, 7) is 30.4. The number of aromatic nitrogens is 6. The normalized spacial score (nSPS) is 13.9. The van der Waals surface area contributed by atoms with Crippen molar-refractivity contribution in [2.75, 3.05) is 61.2 Å². The summed E-state index contributed by atoms with van der Waals surface area (Å²) in [5, 5.41) is 25.7. The van der Waals surface area contributed by atoms with Crippen molar-refractivity contribution < 1.29 is 62.5 Å². The average molecular weight is 1560 g/mol. The summed E-state index contributed by atoms with van der Waals surface area (Å²) in [7, 11) is 8.08. The van der Waals surface area contributed by atoms with E-state index in [0.29, 0.717) is 37.6 Å². The van der Waals surface area contributed by atoms with E-state index in [2.05, 4.69) is 33.0 Å². The van der Waals surface area contributed by atoms with E-state index in [1.807, 2.05) is 222 Å². The van der Waals surface area contributed by atoms with Crippen LogP contribution in [0.2, 0.25) is 0 Å². The predicted octanol–water partition coefficient (Wildman–Crippen LogP) is 18.7. The molecule has 604 valence electrons. The molecule has 0 saturated carbocycles. The van der Waals surface area contributed by atoms with Crippen LogP contribution in [0.25, 0.3) is 98.8 Å². The van der Waals surface area contributed by atoms with Gasteiger partial charge in [-0.05, 0) is 266 Å². The van der Waals surface area contributed by atoms with Gasteiger partial charge in [0.1, 0.15) is 17.2 Å². The number of carbonyl (C=O) groups excluding carboxylic acids is 2. The SMILES string of the molecule is C.C.CCOC(=O)[C@@H](OC(C)(C)C)c1c(C)cc2nc(CN(C)C)ccc2c1-c1ccc2c3c(ccnc13)CCO2.CCOC(=O)[C@@H](OC(C)(C)C)c1c(C)cc2nc(CO)ccc2c1-c1ccc2c3c(ccnc13)CCO2.Cc1cc2nc(CN(C)C)ccc2c(-c2ccc3c4c(ccnc24)CCO3)c1[C@H](OC(C)(C)C)C(=O)O. The van der Waals surface area contributed by atoms with Gasteiger partial charge in [-0.1, -0.05) is 33.1 Å². The lowest BCUT2D eigenvalue weighted by Gasteiger charge is -2.30. The molecule has 0 aliphatic carbocycles. The van der Waals surface area contributed by atoms with Crippen molar-refractivity contribution in [3.05, 3.63) is 195 Å². The number of hydrogen-bond donors (Lipinski definition) is 2. The van der Waals surface area contributed by atoms with Crippen molar-refractivity contribution in [1.29, 1.82) is 0 Å². The van der Waals surface area contributed by atoms with E-state index in [-0.39, 0.29) is 34.7 Å². The van der Waals surface area contributed by atoms with Gasteiger partial charge < -0.3 is 57.9 Å². The Morgan fingerprint density at radius 1 is 0.443 bits per heavy atom. The van der Waals surface area contributed by atoms with Crippen molar-refractivity contribution in [2.45, 2.75) is 186 Å². The van der Waals surface area contributed by atoms with E-state index in [0.717, 1.165) is 181 Å². The molecule has 115 heavy (non-hydrogen) atoms. The summed E-state index contributed by atoms with van der Waals surface area (Å²) in [6.07, 6.45) is 4.89. The molecule has 21 nitrogen and oxygen atoms in total. The number of ether oxygens (including phenoxy) is 8. The Balaban J connectivity index is 0.000000168. The minimum atomic E-state index is -1.16. The van der Waals surface area contributed by atoms with Crippen LogP contribution in [0.15, 0.2) is 128 Å². The zero-order valence-corrected chi connectivity index (χ0v) is 68.1. The third kappa shape index (κ3) is 18.1. The molecule has 15 rings (SSSR count). The van der Waals surface area contributed by atoms with Gasteiger partial charge in [0.25, 0.3) is 0 Å². The second-order valence-corrected chi connectivity index (χ2v) is 32.6. The van der Waals surface area contributed by atoms with Gasteiger partial charge in [-0.2, -0.15) is 0 Å². The molecule has 0 unspecified atom stereocenters. The highest BCUT2D eigenvalue weighted by Crippen LogP contribution is 2.50. The quantitative estimate of drug-likeness (QED) is 0.0714. The molecular weight excluding hydrogens is 1450 g/mol. The Hall–Kier alpha value is -10.7. The van der Waals surface area contributed by atoms with Gasteiger partial charge >= 0.3 is 17.9 Å². The van der Waals surface area contributed by atoms with Crippen molar-refractivity contribution in [3.8, 4) is 50.6 Å². The first-order valence-electron chi connectivity index (χ1n) is 38.7. The zero-order valence-electron chi connectivity index (χ0n) is 68.1. The molecule has 0 fully saturated rings. The maximum atomic E-state index is 13.5. The molecule has 3 aliphatic rings. The first-order valence-corrected chi connectivity index (χ1v) is 38.7. The summed E-state index contributed by atoms with van der Waals surface area (Å²) < 4.78 is 48.0. The maximum Gasteiger partial charge on any atom is 0.339 e. The number of aliphatic hydroxyl groups excluding tert-OH is 1. The first-order chi connectivity index (χ1) is 53.8. The molecular formula is C94H110N8O13. The number of carbonyl (C=O) groups is 3. The number of fused-ring (bicyclic) bond motifs is 3. The fraction of sp³-hybridized carbons (Fsp3) is 0.394. The molecule has 9 heterocycles.